The number of ether oxygens (including phenoxy) is 2. The lowest BCUT2D eigenvalue weighted by Crippen LogP contribution is -2.26. The van der Waals surface area contributed by atoms with Gasteiger partial charge < -0.3 is 14.8 Å². The molecule has 12 heteroatoms. The van der Waals surface area contributed by atoms with Crippen LogP contribution in [0.3, 0.4) is 0 Å². The molecule has 0 aliphatic carbocycles. The minimum Gasteiger partial charge on any atom is -0.486 e. The summed E-state index contributed by atoms with van der Waals surface area (Å²) in [4.78, 5) is 17.2. The van der Waals surface area contributed by atoms with Crippen molar-refractivity contribution in [2.75, 3.05) is 23.3 Å². The molecule has 1 aromatic heterocycles. The monoisotopic (exact) mass is 521 g/mol. The average molecular weight is 522 g/mol. The van der Waals surface area contributed by atoms with Crippen LogP contribution >= 0.6 is 11.6 Å². The van der Waals surface area contributed by atoms with E-state index in [2.05, 4.69) is 15.0 Å². The fourth-order valence-electron chi connectivity index (χ4n) is 4.16. The largest absolute Gasteiger partial charge is 0.486 e. The molecule has 0 spiro atoms. The van der Waals surface area contributed by atoms with Crippen molar-refractivity contribution in [3.63, 3.8) is 0 Å². The standard InChI is InChI=1S/C23H18ClF2N3O5S/c1-11-19(14-8-12(24)10-27-23(14)28-11)22(30)20-15(25)3-4-16(21(20)26)29-35(31,32)13-2-5-17-18(9-13)34-7-6-33-17/h2-5,8-11,19,29H,6-7H2,1H3,(H,27,28)/t11-,19?/m1/s1. The predicted octanol–water partition coefficient (Wildman–Crippen LogP) is 4.37. The van der Waals surface area contributed by atoms with E-state index in [9.17, 15) is 17.6 Å². The molecule has 182 valence electrons. The maximum atomic E-state index is 15.4. The molecule has 3 aromatic rings. The van der Waals surface area contributed by atoms with Crippen LogP contribution in [0.25, 0.3) is 0 Å². The lowest BCUT2D eigenvalue weighted by atomic mass is 9.88. The number of aromatic nitrogens is 1. The molecule has 0 amide bonds. The van der Waals surface area contributed by atoms with Crippen LogP contribution < -0.4 is 19.5 Å². The van der Waals surface area contributed by atoms with Gasteiger partial charge in [0.25, 0.3) is 10.0 Å². The zero-order chi connectivity index (χ0) is 24.9. The SMILES string of the molecule is C[C@H]1Nc2ncc(Cl)cc2C1C(=O)c1c(F)ccc(NS(=O)(=O)c2ccc3c(c2)OCCO3)c1F. The highest BCUT2D eigenvalue weighted by Crippen LogP contribution is 2.39. The Labute approximate surface area is 204 Å². The molecule has 0 saturated heterocycles. The predicted molar refractivity (Wildman–Crippen MR) is 124 cm³/mol. The van der Waals surface area contributed by atoms with Crippen molar-refractivity contribution in [3.8, 4) is 11.5 Å². The minimum absolute atomic E-state index is 0.221. The van der Waals surface area contributed by atoms with Gasteiger partial charge in [-0.1, -0.05) is 11.6 Å². The minimum atomic E-state index is -4.31. The second-order valence-corrected chi connectivity index (χ2v) is 10.2. The normalized spacial score (nSPS) is 18.5. The third kappa shape index (κ3) is 4.14. The summed E-state index contributed by atoms with van der Waals surface area (Å²) >= 11 is 6.01. The Kier molecular flexibility index (Phi) is 5.76. The number of rotatable bonds is 5. The van der Waals surface area contributed by atoms with Crippen LogP contribution in [0.1, 0.15) is 28.8 Å². The highest BCUT2D eigenvalue weighted by atomic mass is 35.5. The van der Waals surface area contributed by atoms with Gasteiger partial charge in [0, 0.05) is 23.9 Å². The van der Waals surface area contributed by atoms with E-state index in [0.29, 0.717) is 23.7 Å². The number of halogens is 3. The fourth-order valence-corrected chi connectivity index (χ4v) is 5.40. The van der Waals surface area contributed by atoms with Crippen molar-refractivity contribution in [2.45, 2.75) is 23.8 Å². The molecule has 8 nitrogen and oxygen atoms in total. The number of anilines is 2. The molecular formula is C23H18ClF2N3O5S. The first-order valence-electron chi connectivity index (χ1n) is 10.5. The number of carbonyl (C=O) groups is 1. The molecule has 1 unspecified atom stereocenters. The number of benzene rings is 2. The Morgan fingerprint density at radius 2 is 1.89 bits per heavy atom. The number of carbonyl (C=O) groups excluding carboxylic acids is 1. The summed E-state index contributed by atoms with van der Waals surface area (Å²) in [6, 6.07) is 6.66. The number of hydrogen-bond acceptors (Lipinski definition) is 7. The van der Waals surface area contributed by atoms with Gasteiger partial charge in [0.2, 0.25) is 0 Å². The molecule has 2 aliphatic heterocycles. The molecule has 0 bridgehead atoms. The van der Waals surface area contributed by atoms with Crippen molar-refractivity contribution < 1.29 is 31.5 Å². The van der Waals surface area contributed by atoms with Crippen LogP contribution in [0.15, 0.2) is 47.5 Å². The van der Waals surface area contributed by atoms with Crippen molar-refractivity contribution >= 4 is 38.9 Å². The van der Waals surface area contributed by atoms with Crippen molar-refractivity contribution in [2.24, 2.45) is 0 Å². The molecular weight excluding hydrogens is 504 g/mol. The third-order valence-corrected chi connectivity index (χ3v) is 7.34. The first-order valence-corrected chi connectivity index (χ1v) is 12.4. The summed E-state index contributed by atoms with van der Waals surface area (Å²) in [6.07, 6.45) is 1.39. The highest BCUT2D eigenvalue weighted by molar-refractivity contribution is 7.92. The molecule has 2 N–H and O–H groups in total. The number of nitrogens with one attached hydrogen (secondary N) is 2. The van der Waals surface area contributed by atoms with Gasteiger partial charge in [-0.15, -0.1) is 0 Å². The molecule has 0 radical (unpaired) electrons. The van der Waals surface area contributed by atoms with E-state index in [4.69, 9.17) is 21.1 Å². The van der Waals surface area contributed by atoms with E-state index in [1.54, 1.807) is 6.92 Å². The summed E-state index contributed by atoms with van der Waals surface area (Å²) in [6.45, 7) is 2.25. The Morgan fingerprint density at radius 3 is 2.66 bits per heavy atom. The van der Waals surface area contributed by atoms with Crippen LogP contribution in [0.2, 0.25) is 5.02 Å². The van der Waals surface area contributed by atoms with Crippen LogP contribution in [-0.4, -0.2) is 38.4 Å². The summed E-state index contributed by atoms with van der Waals surface area (Å²) < 4.78 is 68.9. The lowest BCUT2D eigenvalue weighted by Gasteiger charge is -2.19. The second-order valence-electron chi connectivity index (χ2n) is 8.06. The highest BCUT2D eigenvalue weighted by Gasteiger charge is 2.39. The zero-order valence-electron chi connectivity index (χ0n) is 18.1. The van der Waals surface area contributed by atoms with E-state index < -0.39 is 50.7 Å². The molecule has 5 rings (SSSR count). The lowest BCUT2D eigenvalue weighted by molar-refractivity contribution is 0.0948. The van der Waals surface area contributed by atoms with Crippen LogP contribution in [0.4, 0.5) is 20.3 Å². The van der Waals surface area contributed by atoms with E-state index in [1.165, 1.54) is 30.5 Å². The maximum absolute atomic E-state index is 15.4. The molecule has 2 atom stereocenters. The van der Waals surface area contributed by atoms with E-state index in [1.807, 2.05) is 0 Å². The van der Waals surface area contributed by atoms with E-state index in [-0.39, 0.29) is 22.3 Å². The first-order chi connectivity index (χ1) is 16.7. The van der Waals surface area contributed by atoms with Gasteiger partial charge in [-0.05, 0) is 37.3 Å². The zero-order valence-corrected chi connectivity index (χ0v) is 19.7. The van der Waals surface area contributed by atoms with Crippen molar-refractivity contribution in [1.82, 2.24) is 4.98 Å². The number of Topliss-reactive ketones (excluding diaryl/α,β-unsaturated/α-hetero) is 1. The van der Waals surface area contributed by atoms with Gasteiger partial charge >= 0.3 is 0 Å². The number of nitrogens with zero attached hydrogens (tertiary/aromatic N) is 1. The summed E-state index contributed by atoms with van der Waals surface area (Å²) in [5, 5.41) is 3.26. The average Bonchev–Trinajstić information content (AvgIpc) is 3.15. The molecule has 2 aromatic carbocycles. The van der Waals surface area contributed by atoms with Crippen LogP contribution in [-0.2, 0) is 10.0 Å². The van der Waals surface area contributed by atoms with Crippen LogP contribution in [0.5, 0.6) is 11.5 Å². The molecule has 0 saturated carbocycles. The van der Waals surface area contributed by atoms with Crippen molar-refractivity contribution in [1.29, 1.82) is 0 Å². The summed E-state index contributed by atoms with van der Waals surface area (Å²) in [7, 11) is -4.31. The smallest absolute Gasteiger partial charge is 0.262 e. The van der Waals surface area contributed by atoms with Crippen LogP contribution in [0, 0.1) is 11.6 Å². The topological polar surface area (TPSA) is 107 Å². The number of hydrogen-bond donors (Lipinski definition) is 2. The van der Waals surface area contributed by atoms with E-state index in [0.717, 1.165) is 12.1 Å². The molecule has 35 heavy (non-hydrogen) atoms. The Bertz CT molecular complexity index is 1470. The number of sulfonamides is 1. The van der Waals surface area contributed by atoms with E-state index >= 15 is 4.39 Å². The Balaban J connectivity index is 1.49. The summed E-state index contributed by atoms with van der Waals surface area (Å²) in [5.41, 5.74) is -1.04. The quantitative estimate of drug-likeness (QED) is 0.480. The molecule has 0 fully saturated rings. The van der Waals surface area contributed by atoms with Gasteiger partial charge in [0.1, 0.15) is 24.8 Å². The van der Waals surface area contributed by atoms with Crippen molar-refractivity contribution in [3.05, 3.63) is 70.4 Å². The van der Waals surface area contributed by atoms with Gasteiger partial charge in [-0.2, -0.15) is 0 Å². The first kappa shape index (κ1) is 23.3. The fraction of sp³-hybridized carbons (Fsp3) is 0.217. The van der Waals surface area contributed by atoms with Gasteiger partial charge in [-0.25, -0.2) is 22.2 Å². The Hall–Kier alpha value is -3.44. The van der Waals surface area contributed by atoms with Gasteiger partial charge in [0.05, 0.1) is 27.1 Å². The van der Waals surface area contributed by atoms with Gasteiger partial charge in [0.15, 0.2) is 23.1 Å². The molecule has 2 aliphatic rings. The Morgan fingerprint density at radius 1 is 1.14 bits per heavy atom. The summed E-state index contributed by atoms with van der Waals surface area (Å²) in [5.74, 6) is -3.31. The maximum Gasteiger partial charge on any atom is 0.262 e. The second kappa shape index (κ2) is 8.65. The number of ketones is 1. The number of pyridine rings is 1. The van der Waals surface area contributed by atoms with Gasteiger partial charge in [-0.3, -0.25) is 9.52 Å². The number of fused-ring (bicyclic) bond motifs is 2. The molecule has 3 heterocycles. The third-order valence-electron chi connectivity index (χ3n) is 5.77.